The van der Waals surface area contributed by atoms with Gasteiger partial charge in [0.15, 0.2) is 20.7 Å². The average Bonchev–Trinajstić information content (AvgIpc) is 3.19. The Balaban J connectivity index is 1.70. The third-order valence-corrected chi connectivity index (χ3v) is 9.03. The molecule has 35 heavy (non-hydrogen) atoms. The van der Waals surface area contributed by atoms with E-state index < -0.39 is 62.2 Å². The van der Waals surface area contributed by atoms with Gasteiger partial charge in [-0.2, -0.15) is 0 Å². The minimum atomic E-state index is -3.73. The van der Waals surface area contributed by atoms with Crippen LogP contribution in [0.5, 0.6) is 0 Å². The number of fused-ring (bicyclic) bond motifs is 1. The summed E-state index contributed by atoms with van der Waals surface area (Å²) in [6, 6.07) is -1.07. The summed E-state index contributed by atoms with van der Waals surface area (Å²) in [5, 5.41) is 26.4. The molecule has 7 N–H and O–H groups in total. The van der Waals surface area contributed by atoms with Crippen LogP contribution in [0, 0.1) is 0 Å². The second-order valence-corrected chi connectivity index (χ2v) is 12.1. The molecule has 1 fully saturated rings. The van der Waals surface area contributed by atoms with Crippen molar-refractivity contribution in [3.05, 3.63) is 33.2 Å². The summed E-state index contributed by atoms with van der Waals surface area (Å²) < 4.78 is 23.4. The van der Waals surface area contributed by atoms with Crippen LogP contribution in [-0.4, -0.2) is 86.7 Å². The summed E-state index contributed by atoms with van der Waals surface area (Å²) >= 11 is 3.13. The number of nitrogens with one attached hydrogen (secondary N) is 1. The Labute approximate surface area is 210 Å². The van der Waals surface area contributed by atoms with Gasteiger partial charge >= 0.3 is 5.97 Å². The van der Waals surface area contributed by atoms with Crippen molar-refractivity contribution in [1.82, 2.24) is 15.2 Å². The number of sulfone groups is 1. The molecular formula is C17H18N6O8S4. The van der Waals surface area contributed by atoms with Gasteiger partial charge in [-0.05, 0) is 5.41 Å². The highest BCUT2D eigenvalue weighted by atomic mass is 32.2. The number of thioether (sulfide) groups is 2. The Hall–Kier alpha value is -3.09. The van der Waals surface area contributed by atoms with Crippen LogP contribution in [0.1, 0.15) is 5.69 Å². The molecule has 1 aromatic heterocycles. The lowest BCUT2D eigenvalue weighted by Crippen LogP contribution is -2.71. The largest absolute Gasteiger partial charge is 0.477 e. The zero-order valence-corrected chi connectivity index (χ0v) is 20.7. The number of carbonyl (C=O) groups excluding carboxylic acids is 3. The predicted molar refractivity (Wildman–Crippen MR) is 129 cm³/mol. The van der Waals surface area contributed by atoms with E-state index in [1.807, 2.05) is 0 Å². The fourth-order valence-corrected chi connectivity index (χ4v) is 7.03. The molecule has 0 spiro atoms. The van der Waals surface area contributed by atoms with Crippen molar-refractivity contribution in [1.29, 1.82) is 0 Å². The molecule has 3 rings (SSSR count). The molecule has 2 aliphatic rings. The number of nitrogens with two attached hydrogens (primary N) is 2. The predicted octanol–water partition coefficient (Wildman–Crippen LogP) is -1.25. The third kappa shape index (κ3) is 5.95. The molecule has 2 aliphatic heterocycles. The number of aliphatic carboxylic acids is 1. The van der Waals surface area contributed by atoms with Crippen LogP contribution >= 0.6 is 34.9 Å². The standard InChI is InChI=1S/C17H18N6O8S4/c18-9(24)6-35(30,31)3-1-2-32-8-5-33-15-11(14(26)23(15)12(8)16(27)28)21-13(25)10(22-29)7-4-34-17(19)20-7/h1-2,4,11,15,29H,3,5-6H2,(H2,18,24)(H2,19,20)(H,21,25)(H,27,28)/b2-1-,22-10-/t11?,15-/m1/s1. The normalized spacial score (nSPS) is 20.5. The van der Waals surface area contributed by atoms with Crippen LogP contribution in [0.15, 0.2) is 32.6 Å². The van der Waals surface area contributed by atoms with Crippen LogP contribution in [0.2, 0.25) is 0 Å². The molecule has 1 saturated heterocycles. The fourth-order valence-electron chi connectivity index (χ4n) is 3.09. The van der Waals surface area contributed by atoms with Crippen molar-refractivity contribution >= 4 is 79.2 Å². The number of hydrogen-bond donors (Lipinski definition) is 5. The van der Waals surface area contributed by atoms with E-state index in [2.05, 4.69) is 15.5 Å². The fraction of sp³-hybridized carbons (Fsp3) is 0.294. The van der Waals surface area contributed by atoms with Gasteiger partial charge in [0.2, 0.25) is 5.91 Å². The van der Waals surface area contributed by atoms with Gasteiger partial charge < -0.3 is 27.1 Å². The molecule has 14 nitrogen and oxygen atoms in total. The van der Waals surface area contributed by atoms with E-state index in [4.69, 9.17) is 11.5 Å². The monoisotopic (exact) mass is 562 g/mol. The van der Waals surface area contributed by atoms with Gasteiger partial charge in [0.05, 0.1) is 5.75 Å². The molecular weight excluding hydrogens is 544 g/mol. The van der Waals surface area contributed by atoms with Crippen molar-refractivity contribution in [2.45, 2.75) is 11.4 Å². The molecule has 18 heteroatoms. The number of anilines is 1. The SMILES string of the molecule is NC(=O)CS(=O)(=O)C/C=C\SC1=C(C(=O)O)N2C(=O)C(NC(=O)/C(=N\O)c3csc(N)n3)[C@H]2SC1. The number of hydrogen-bond acceptors (Lipinski definition) is 13. The Morgan fingerprint density at radius 2 is 2.11 bits per heavy atom. The van der Waals surface area contributed by atoms with Crippen LogP contribution in [0.25, 0.3) is 0 Å². The first-order valence-corrected chi connectivity index (χ1v) is 14.0. The van der Waals surface area contributed by atoms with E-state index in [9.17, 15) is 37.9 Å². The van der Waals surface area contributed by atoms with E-state index in [0.29, 0.717) is 0 Å². The highest BCUT2D eigenvalue weighted by molar-refractivity contribution is 8.08. The molecule has 2 atom stereocenters. The first-order valence-electron chi connectivity index (χ1n) is 9.41. The molecule has 0 radical (unpaired) electrons. The molecule has 0 aromatic carbocycles. The van der Waals surface area contributed by atoms with Gasteiger partial charge in [0, 0.05) is 16.0 Å². The number of carbonyl (C=O) groups is 4. The lowest BCUT2D eigenvalue weighted by Gasteiger charge is -2.49. The van der Waals surface area contributed by atoms with Crippen LogP contribution in [0.4, 0.5) is 5.13 Å². The first-order chi connectivity index (χ1) is 16.4. The van der Waals surface area contributed by atoms with Gasteiger partial charge in [-0.25, -0.2) is 18.2 Å². The summed E-state index contributed by atoms with van der Waals surface area (Å²) in [5.74, 6) is -5.05. The molecule has 0 aliphatic carbocycles. The van der Waals surface area contributed by atoms with Crippen LogP contribution in [-0.2, 0) is 29.0 Å². The Bertz CT molecular complexity index is 1270. The highest BCUT2D eigenvalue weighted by Gasteiger charge is 2.54. The number of carboxylic acid groups (broad SMARTS) is 1. The zero-order chi connectivity index (χ0) is 25.9. The summed E-state index contributed by atoms with van der Waals surface area (Å²) in [6.45, 7) is 0. The number of aromatic nitrogens is 1. The van der Waals surface area contributed by atoms with Gasteiger partial charge in [0.25, 0.3) is 11.8 Å². The molecule has 188 valence electrons. The Morgan fingerprint density at radius 1 is 1.40 bits per heavy atom. The van der Waals surface area contributed by atoms with Gasteiger partial charge in [-0.1, -0.05) is 23.0 Å². The van der Waals surface area contributed by atoms with Crippen molar-refractivity contribution < 1.29 is 37.9 Å². The van der Waals surface area contributed by atoms with Crippen molar-refractivity contribution in [3.8, 4) is 0 Å². The topological polar surface area (TPSA) is 235 Å². The summed E-state index contributed by atoms with van der Waals surface area (Å²) in [6.07, 6.45) is 1.24. The number of nitrogen functional groups attached to an aromatic ring is 1. The number of amides is 3. The van der Waals surface area contributed by atoms with E-state index in [-0.39, 0.29) is 27.2 Å². The third-order valence-electron chi connectivity index (χ3n) is 4.52. The van der Waals surface area contributed by atoms with Gasteiger partial charge in [0.1, 0.15) is 28.6 Å². The zero-order valence-electron chi connectivity index (χ0n) is 17.5. The van der Waals surface area contributed by atoms with Gasteiger partial charge in [-0.3, -0.25) is 19.3 Å². The Morgan fingerprint density at radius 3 is 2.69 bits per heavy atom. The van der Waals surface area contributed by atoms with Crippen LogP contribution in [0.3, 0.4) is 0 Å². The highest BCUT2D eigenvalue weighted by Crippen LogP contribution is 2.43. The van der Waals surface area contributed by atoms with E-state index in [1.165, 1.54) is 28.6 Å². The molecule has 0 saturated carbocycles. The average molecular weight is 563 g/mol. The summed E-state index contributed by atoms with van der Waals surface area (Å²) in [4.78, 5) is 53.1. The van der Waals surface area contributed by atoms with E-state index in [1.54, 1.807) is 0 Å². The maximum atomic E-state index is 12.7. The number of nitrogens with zero attached hydrogens (tertiary/aromatic N) is 3. The number of oxime groups is 1. The smallest absolute Gasteiger partial charge is 0.353 e. The lowest BCUT2D eigenvalue weighted by atomic mass is 10.0. The Kier molecular flexibility index (Phi) is 8.08. The molecule has 1 aromatic rings. The van der Waals surface area contributed by atoms with Crippen LogP contribution < -0.4 is 16.8 Å². The first kappa shape index (κ1) is 26.5. The van der Waals surface area contributed by atoms with Crippen molar-refractivity contribution in [2.24, 2.45) is 10.9 Å². The molecule has 1 unspecified atom stereocenters. The van der Waals surface area contributed by atoms with E-state index >= 15 is 0 Å². The van der Waals surface area contributed by atoms with Crippen molar-refractivity contribution in [2.75, 3.05) is 23.0 Å². The number of thiazole rings is 1. The lowest BCUT2D eigenvalue weighted by molar-refractivity contribution is -0.150. The number of β-lactam (4-membered cyclic amide) rings is 1. The maximum absolute atomic E-state index is 12.7. The maximum Gasteiger partial charge on any atom is 0.353 e. The number of primary amides is 1. The van der Waals surface area contributed by atoms with Crippen molar-refractivity contribution in [3.63, 3.8) is 0 Å². The molecule has 0 bridgehead atoms. The number of carboxylic acids is 1. The second kappa shape index (κ2) is 10.7. The summed E-state index contributed by atoms with van der Waals surface area (Å²) in [7, 11) is -3.73. The molecule has 3 heterocycles. The van der Waals surface area contributed by atoms with E-state index in [0.717, 1.165) is 28.0 Å². The minimum Gasteiger partial charge on any atom is -0.477 e. The van der Waals surface area contributed by atoms with Gasteiger partial charge in [-0.15, -0.1) is 23.1 Å². The molecule has 3 amide bonds. The number of rotatable bonds is 10. The second-order valence-electron chi connectivity index (χ2n) is 6.97. The quantitative estimate of drug-likeness (QED) is 0.0973. The summed E-state index contributed by atoms with van der Waals surface area (Å²) in [5.41, 5.74) is 9.67. The minimum absolute atomic E-state index is 0.0156.